The molecule has 11 aromatic rings. The van der Waals surface area contributed by atoms with E-state index in [9.17, 15) is 0 Å². The van der Waals surface area contributed by atoms with E-state index in [2.05, 4.69) is 271 Å². The molecule has 0 spiro atoms. The van der Waals surface area contributed by atoms with Gasteiger partial charge in [0, 0.05) is 44.9 Å². The van der Waals surface area contributed by atoms with E-state index in [1.807, 2.05) is 0 Å². The summed E-state index contributed by atoms with van der Waals surface area (Å²) in [6.07, 6.45) is 11.6. The molecule has 316 valence electrons. The highest BCUT2D eigenvalue weighted by Crippen LogP contribution is 2.55. The summed E-state index contributed by atoms with van der Waals surface area (Å²) in [6.45, 7) is 2.40. The van der Waals surface area contributed by atoms with Gasteiger partial charge in [-0.05, 0) is 145 Å². The van der Waals surface area contributed by atoms with Crippen molar-refractivity contribution in [3.05, 3.63) is 265 Å². The molecule has 1 heterocycles. The van der Waals surface area contributed by atoms with E-state index in [1.54, 1.807) is 0 Å². The molecule has 2 unspecified atom stereocenters. The quantitative estimate of drug-likeness (QED) is 0.145. The summed E-state index contributed by atoms with van der Waals surface area (Å²) in [5, 5.41) is 7.53. The van der Waals surface area contributed by atoms with Gasteiger partial charge in [0.15, 0.2) is 0 Å². The number of hydrogen-bond donors (Lipinski definition) is 0. The number of rotatable bonds is 7. The maximum atomic E-state index is 2.43. The van der Waals surface area contributed by atoms with E-state index in [1.165, 1.54) is 93.6 Å². The average molecular weight is 855 g/mol. The lowest BCUT2D eigenvalue weighted by Gasteiger charge is -2.42. The SMILES string of the molecule is CC12C=CC=CC1c1ccccc1C=C2c1cccc(N(c2ccc(-c3ccc4c(c3)c3ccccc3n4-c3ccccc3)cc2)c2cccc(-c3cc4ccccc4c4ccccc34)c2)c1. The lowest BCUT2D eigenvalue weighted by molar-refractivity contribution is 0.499. The molecule has 0 N–H and O–H groups in total. The molecule has 13 rings (SSSR count). The van der Waals surface area contributed by atoms with Crippen LogP contribution in [0.3, 0.4) is 0 Å². The lowest BCUT2D eigenvalue weighted by Crippen LogP contribution is -2.28. The van der Waals surface area contributed by atoms with Gasteiger partial charge in [0.25, 0.3) is 0 Å². The lowest BCUT2D eigenvalue weighted by atomic mass is 9.61. The van der Waals surface area contributed by atoms with Gasteiger partial charge in [0.05, 0.1) is 11.0 Å². The van der Waals surface area contributed by atoms with E-state index >= 15 is 0 Å². The molecule has 0 saturated heterocycles. The number of fused-ring (bicyclic) bond motifs is 9. The van der Waals surface area contributed by atoms with Gasteiger partial charge in [0.1, 0.15) is 0 Å². The van der Waals surface area contributed by atoms with E-state index in [0.29, 0.717) is 0 Å². The second-order valence-corrected chi connectivity index (χ2v) is 18.3. The molecule has 1 aromatic heterocycles. The van der Waals surface area contributed by atoms with Crippen LogP contribution in [0, 0.1) is 5.41 Å². The zero-order valence-corrected chi connectivity index (χ0v) is 37.2. The van der Waals surface area contributed by atoms with Crippen LogP contribution in [0.25, 0.3) is 82.9 Å². The fourth-order valence-electron chi connectivity index (χ4n) is 11.2. The molecule has 0 saturated carbocycles. The third-order valence-corrected chi connectivity index (χ3v) is 14.5. The average Bonchev–Trinajstić information content (AvgIpc) is 3.72. The molecular weight excluding hydrogens is 809 g/mol. The number of allylic oxidation sites excluding steroid dienone is 5. The minimum Gasteiger partial charge on any atom is -0.310 e. The molecular formula is C65H46N2. The van der Waals surface area contributed by atoms with Gasteiger partial charge < -0.3 is 9.47 Å². The van der Waals surface area contributed by atoms with Crippen LogP contribution in [-0.4, -0.2) is 4.57 Å². The Labute approximate surface area is 391 Å². The van der Waals surface area contributed by atoms with Crippen LogP contribution in [-0.2, 0) is 0 Å². The second kappa shape index (κ2) is 15.6. The number of para-hydroxylation sites is 2. The van der Waals surface area contributed by atoms with Crippen LogP contribution < -0.4 is 4.90 Å². The van der Waals surface area contributed by atoms with Crippen molar-refractivity contribution < 1.29 is 0 Å². The van der Waals surface area contributed by atoms with Crippen molar-refractivity contribution >= 4 is 72.1 Å². The maximum absolute atomic E-state index is 2.43. The molecule has 2 atom stereocenters. The first-order chi connectivity index (χ1) is 33.1. The Morgan fingerprint density at radius 3 is 1.93 bits per heavy atom. The monoisotopic (exact) mass is 854 g/mol. The zero-order chi connectivity index (χ0) is 44.5. The highest BCUT2D eigenvalue weighted by Gasteiger charge is 2.40. The Bertz CT molecular complexity index is 3830. The van der Waals surface area contributed by atoms with Crippen LogP contribution in [0.1, 0.15) is 29.5 Å². The summed E-state index contributed by atoms with van der Waals surface area (Å²) in [5.74, 6) is 0.253. The van der Waals surface area contributed by atoms with Gasteiger partial charge in [-0.25, -0.2) is 0 Å². The van der Waals surface area contributed by atoms with Crippen LogP contribution in [0.4, 0.5) is 17.1 Å². The molecule has 0 amide bonds. The van der Waals surface area contributed by atoms with Gasteiger partial charge in [-0.3, -0.25) is 0 Å². The predicted molar refractivity (Wildman–Crippen MR) is 285 cm³/mol. The van der Waals surface area contributed by atoms with Crippen molar-refractivity contribution in [2.75, 3.05) is 4.90 Å². The van der Waals surface area contributed by atoms with Crippen molar-refractivity contribution in [3.8, 4) is 27.9 Å². The second-order valence-electron chi connectivity index (χ2n) is 18.3. The molecule has 67 heavy (non-hydrogen) atoms. The number of hydrogen-bond acceptors (Lipinski definition) is 1. The fraction of sp³-hybridized carbons (Fsp3) is 0.0462. The first-order valence-electron chi connectivity index (χ1n) is 23.4. The van der Waals surface area contributed by atoms with Gasteiger partial charge >= 0.3 is 0 Å². The Kier molecular flexibility index (Phi) is 9.08. The summed E-state index contributed by atoms with van der Waals surface area (Å²) in [5.41, 5.74) is 16.7. The topological polar surface area (TPSA) is 8.17 Å². The van der Waals surface area contributed by atoms with Crippen LogP contribution in [0.5, 0.6) is 0 Å². The van der Waals surface area contributed by atoms with Gasteiger partial charge in [-0.15, -0.1) is 0 Å². The molecule has 2 aliphatic carbocycles. The molecule has 2 heteroatoms. The first kappa shape index (κ1) is 39.0. The Hall–Kier alpha value is -8.46. The minimum absolute atomic E-state index is 0.195. The molecule has 10 aromatic carbocycles. The van der Waals surface area contributed by atoms with Crippen molar-refractivity contribution in [3.63, 3.8) is 0 Å². The molecule has 0 fully saturated rings. The molecule has 2 nitrogen and oxygen atoms in total. The standard InChI is InChI=1S/C65H46N2/c1-65-38-14-13-30-61(65)55-26-8-6-18-48(55)43-62(65)49-20-16-24-53(40-49)66(52-23-15-19-46(39-52)59-42-47-17-5-7-25-54(47)56-27-9-10-28-57(56)59)51-35-32-44(33-36-51)45-34-37-64-60(41-45)58-29-11-12-31-63(58)67(64)50-21-3-2-4-22-50/h2-43,61H,1H3. The Balaban J connectivity index is 0.957. The highest BCUT2D eigenvalue weighted by molar-refractivity contribution is 6.14. The summed E-state index contributed by atoms with van der Waals surface area (Å²) in [7, 11) is 0. The van der Waals surface area contributed by atoms with E-state index in [0.717, 1.165) is 17.1 Å². The summed E-state index contributed by atoms with van der Waals surface area (Å²) in [6, 6.07) is 82.6. The third kappa shape index (κ3) is 6.40. The largest absolute Gasteiger partial charge is 0.310 e. The molecule has 2 aliphatic rings. The smallest absolute Gasteiger partial charge is 0.0541 e. The van der Waals surface area contributed by atoms with Crippen molar-refractivity contribution in [1.82, 2.24) is 4.57 Å². The maximum Gasteiger partial charge on any atom is 0.0541 e. The van der Waals surface area contributed by atoms with Gasteiger partial charge in [0.2, 0.25) is 0 Å². The number of aromatic nitrogens is 1. The number of benzene rings is 10. The Morgan fingerprint density at radius 2 is 1.09 bits per heavy atom. The predicted octanol–water partition coefficient (Wildman–Crippen LogP) is 17.7. The first-order valence-corrected chi connectivity index (χ1v) is 23.4. The van der Waals surface area contributed by atoms with Crippen LogP contribution in [0.2, 0.25) is 0 Å². The van der Waals surface area contributed by atoms with Gasteiger partial charge in [-0.2, -0.15) is 0 Å². The number of nitrogens with zero attached hydrogens (tertiary/aromatic N) is 2. The fourth-order valence-corrected chi connectivity index (χ4v) is 11.2. The summed E-state index contributed by atoms with van der Waals surface area (Å²) >= 11 is 0. The zero-order valence-electron chi connectivity index (χ0n) is 37.2. The van der Waals surface area contributed by atoms with Crippen LogP contribution >= 0.6 is 0 Å². The normalized spacial score (nSPS) is 16.3. The highest BCUT2D eigenvalue weighted by atomic mass is 15.1. The number of anilines is 3. The molecule has 0 radical (unpaired) electrons. The van der Waals surface area contributed by atoms with E-state index in [4.69, 9.17) is 0 Å². The Morgan fingerprint density at radius 1 is 0.433 bits per heavy atom. The summed E-state index contributed by atoms with van der Waals surface area (Å²) in [4.78, 5) is 2.43. The minimum atomic E-state index is -0.195. The van der Waals surface area contributed by atoms with Gasteiger partial charge in [-0.1, -0.05) is 183 Å². The summed E-state index contributed by atoms with van der Waals surface area (Å²) < 4.78 is 2.38. The van der Waals surface area contributed by atoms with Crippen LogP contribution in [0.15, 0.2) is 249 Å². The van der Waals surface area contributed by atoms with Crippen molar-refractivity contribution in [2.45, 2.75) is 12.8 Å². The third-order valence-electron chi connectivity index (χ3n) is 14.5. The van der Waals surface area contributed by atoms with E-state index in [-0.39, 0.29) is 11.3 Å². The van der Waals surface area contributed by atoms with Crippen molar-refractivity contribution in [1.29, 1.82) is 0 Å². The van der Waals surface area contributed by atoms with E-state index < -0.39 is 0 Å². The molecule has 0 bridgehead atoms. The molecule has 0 aliphatic heterocycles. The van der Waals surface area contributed by atoms with Crippen molar-refractivity contribution in [2.24, 2.45) is 5.41 Å².